The third-order valence-corrected chi connectivity index (χ3v) is 2.60. The third kappa shape index (κ3) is 4.75. The van der Waals surface area contributed by atoms with Crippen molar-refractivity contribution in [2.75, 3.05) is 0 Å². The molecule has 0 aliphatic carbocycles. The van der Waals surface area contributed by atoms with Crippen LogP contribution in [0.15, 0.2) is 30.6 Å². The van der Waals surface area contributed by atoms with Crippen molar-refractivity contribution in [3.05, 3.63) is 47.8 Å². The molecular weight excluding hydrogens is 276 g/mol. The van der Waals surface area contributed by atoms with Crippen molar-refractivity contribution in [1.82, 2.24) is 15.3 Å². The van der Waals surface area contributed by atoms with E-state index in [1.54, 1.807) is 12.4 Å². The molecule has 1 heterocycles. The van der Waals surface area contributed by atoms with Crippen LogP contribution in [-0.2, 0) is 6.54 Å². The second-order valence-electron chi connectivity index (χ2n) is 5.65. The van der Waals surface area contributed by atoms with E-state index in [-0.39, 0.29) is 17.3 Å². The lowest BCUT2D eigenvalue weighted by atomic mass is 10.1. The van der Waals surface area contributed by atoms with Crippen LogP contribution in [0.5, 0.6) is 11.8 Å². The van der Waals surface area contributed by atoms with Gasteiger partial charge in [-0.2, -0.15) is 0 Å². The predicted molar refractivity (Wildman–Crippen MR) is 75.1 cm³/mol. The zero-order chi connectivity index (χ0) is 15.5. The van der Waals surface area contributed by atoms with Gasteiger partial charge in [0.25, 0.3) is 0 Å². The first-order valence-corrected chi connectivity index (χ1v) is 6.52. The lowest BCUT2D eigenvalue weighted by molar-refractivity contribution is 0.404. The highest BCUT2D eigenvalue weighted by molar-refractivity contribution is 5.27. The summed E-state index contributed by atoms with van der Waals surface area (Å²) in [5, 5.41) is 3.30. The summed E-state index contributed by atoms with van der Waals surface area (Å²) in [6.07, 6.45) is 3.20. The third-order valence-electron chi connectivity index (χ3n) is 2.60. The van der Waals surface area contributed by atoms with Crippen molar-refractivity contribution < 1.29 is 13.5 Å². The lowest BCUT2D eigenvalue weighted by Crippen LogP contribution is -2.35. The first-order chi connectivity index (χ1) is 9.83. The largest absolute Gasteiger partial charge is 0.421 e. The van der Waals surface area contributed by atoms with Gasteiger partial charge < -0.3 is 10.1 Å². The fourth-order valence-electron chi connectivity index (χ4n) is 1.51. The van der Waals surface area contributed by atoms with E-state index >= 15 is 0 Å². The Labute approximate surface area is 122 Å². The van der Waals surface area contributed by atoms with Gasteiger partial charge in [0.05, 0.1) is 0 Å². The fourth-order valence-corrected chi connectivity index (χ4v) is 1.51. The molecule has 1 aromatic carbocycles. The molecule has 112 valence electrons. The highest BCUT2D eigenvalue weighted by Gasteiger charge is 2.10. The molecule has 6 heteroatoms. The molecule has 0 amide bonds. The van der Waals surface area contributed by atoms with Gasteiger partial charge in [-0.3, -0.25) is 0 Å². The van der Waals surface area contributed by atoms with Gasteiger partial charge in [-0.15, -0.1) is 0 Å². The van der Waals surface area contributed by atoms with E-state index in [0.717, 1.165) is 17.7 Å². The molecule has 0 unspecified atom stereocenters. The maximum absolute atomic E-state index is 13.4. The van der Waals surface area contributed by atoms with E-state index in [1.807, 2.05) is 0 Å². The smallest absolute Gasteiger partial charge is 0.321 e. The highest BCUT2D eigenvalue weighted by atomic mass is 19.1. The molecule has 0 bridgehead atoms. The summed E-state index contributed by atoms with van der Waals surface area (Å²) in [5.41, 5.74) is 0.878. The van der Waals surface area contributed by atoms with Gasteiger partial charge >= 0.3 is 6.01 Å². The van der Waals surface area contributed by atoms with E-state index < -0.39 is 11.6 Å². The Bertz CT molecular complexity index is 609. The molecule has 0 aliphatic heterocycles. The minimum atomic E-state index is -0.794. The minimum Gasteiger partial charge on any atom is -0.421 e. The summed E-state index contributed by atoms with van der Waals surface area (Å²) < 4.78 is 31.4. The number of halogens is 2. The first kappa shape index (κ1) is 15.3. The SMILES string of the molecule is CC(C)(C)NCc1cnc(Oc2ccc(F)cc2F)nc1. The monoisotopic (exact) mass is 293 g/mol. The van der Waals surface area contributed by atoms with E-state index in [4.69, 9.17) is 4.74 Å². The van der Waals surface area contributed by atoms with Crippen LogP contribution in [0.4, 0.5) is 8.78 Å². The molecule has 4 nitrogen and oxygen atoms in total. The summed E-state index contributed by atoms with van der Waals surface area (Å²) in [5.74, 6) is -1.57. The second-order valence-corrected chi connectivity index (χ2v) is 5.65. The van der Waals surface area contributed by atoms with E-state index in [0.29, 0.717) is 6.54 Å². The summed E-state index contributed by atoms with van der Waals surface area (Å²) >= 11 is 0. The molecule has 0 aliphatic rings. The average molecular weight is 293 g/mol. The molecular formula is C15H17F2N3O. The molecule has 0 radical (unpaired) electrons. The van der Waals surface area contributed by atoms with Gasteiger partial charge in [0.2, 0.25) is 0 Å². The van der Waals surface area contributed by atoms with Crippen LogP contribution in [0, 0.1) is 11.6 Å². The molecule has 1 aromatic heterocycles. The molecule has 0 saturated heterocycles. The topological polar surface area (TPSA) is 47.0 Å². The Kier molecular flexibility index (Phi) is 4.47. The van der Waals surface area contributed by atoms with Crippen LogP contribution in [-0.4, -0.2) is 15.5 Å². The highest BCUT2D eigenvalue weighted by Crippen LogP contribution is 2.22. The molecule has 0 atom stereocenters. The van der Waals surface area contributed by atoms with Gasteiger partial charge in [-0.25, -0.2) is 18.7 Å². The van der Waals surface area contributed by atoms with Crippen molar-refractivity contribution >= 4 is 0 Å². The second kappa shape index (κ2) is 6.13. The van der Waals surface area contributed by atoms with Crippen molar-refractivity contribution in [1.29, 1.82) is 0 Å². The molecule has 2 rings (SSSR count). The quantitative estimate of drug-likeness (QED) is 0.938. The van der Waals surface area contributed by atoms with Crippen LogP contribution < -0.4 is 10.1 Å². The number of hydrogen-bond acceptors (Lipinski definition) is 4. The van der Waals surface area contributed by atoms with Gasteiger partial charge in [0.1, 0.15) is 5.82 Å². The van der Waals surface area contributed by atoms with Crippen molar-refractivity contribution in [2.24, 2.45) is 0 Å². The number of nitrogens with zero attached hydrogens (tertiary/aromatic N) is 2. The maximum atomic E-state index is 13.4. The zero-order valence-corrected chi connectivity index (χ0v) is 12.2. The minimum absolute atomic E-state index is 0.00753. The molecule has 21 heavy (non-hydrogen) atoms. The Hall–Kier alpha value is -2.08. The number of nitrogens with one attached hydrogen (secondary N) is 1. The van der Waals surface area contributed by atoms with Crippen molar-refractivity contribution in [3.63, 3.8) is 0 Å². The van der Waals surface area contributed by atoms with Crippen LogP contribution in [0.1, 0.15) is 26.3 Å². The zero-order valence-electron chi connectivity index (χ0n) is 12.2. The Morgan fingerprint density at radius 1 is 1.14 bits per heavy atom. The van der Waals surface area contributed by atoms with Gasteiger partial charge in [0.15, 0.2) is 11.6 Å². The number of aromatic nitrogens is 2. The summed E-state index contributed by atoms with van der Waals surface area (Å²) in [6.45, 7) is 6.79. The summed E-state index contributed by atoms with van der Waals surface area (Å²) in [7, 11) is 0. The van der Waals surface area contributed by atoms with Gasteiger partial charge in [-0.1, -0.05) is 0 Å². The Morgan fingerprint density at radius 2 is 1.81 bits per heavy atom. The molecule has 0 spiro atoms. The number of benzene rings is 1. The summed E-state index contributed by atoms with van der Waals surface area (Å²) in [4.78, 5) is 8.01. The van der Waals surface area contributed by atoms with E-state index in [9.17, 15) is 8.78 Å². The maximum Gasteiger partial charge on any atom is 0.321 e. The Balaban J connectivity index is 2.02. The van der Waals surface area contributed by atoms with Crippen LogP contribution in [0.2, 0.25) is 0 Å². The van der Waals surface area contributed by atoms with Crippen LogP contribution in [0.25, 0.3) is 0 Å². The first-order valence-electron chi connectivity index (χ1n) is 6.52. The van der Waals surface area contributed by atoms with E-state index in [1.165, 1.54) is 6.07 Å². The average Bonchev–Trinajstić information content (AvgIpc) is 2.40. The normalized spacial score (nSPS) is 11.5. The van der Waals surface area contributed by atoms with Gasteiger partial charge in [0, 0.05) is 36.1 Å². The van der Waals surface area contributed by atoms with E-state index in [2.05, 4.69) is 36.1 Å². The molecule has 1 N–H and O–H groups in total. The predicted octanol–water partition coefficient (Wildman–Crippen LogP) is 3.44. The molecule has 0 fully saturated rings. The lowest BCUT2D eigenvalue weighted by Gasteiger charge is -2.20. The number of hydrogen-bond donors (Lipinski definition) is 1. The van der Waals surface area contributed by atoms with Crippen LogP contribution in [0.3, 0.4) is 0 Å². The van der Waals surface area contributed by atoms with Gasteiger partial charge in [-0.05, 0) is 32.9 Å². The number of rotatable bonds is 4. The fraction of sp³-hybridized carbons (Fsp3) is 0.333. The molecule has 0 saturated carbocycles. The Morgan fingerprint density at radius 3 is 2.38 bits per heavy atom. The van der Waals surface area contributed by atoms with Crippen LogP contribution >= 0.6 is 0 Å². The number of ether oxygens (including phenoxy) is 1. The standard InChI is InChI=1S/C15H17F2N3O/c1-15(2,3)20-9-10-7-18-14(19-8-10)21-13-5-4-11(16)6-12(13)17/h4-8,20H,9H2,1-3H3. The molecule has 2 aromatic rings. The van der Waals surface area contributed by atoms with Crippen molar-refractivity contribution in [3.8, 4) is 11.8 Å². The van der Waals surface area contributed by atoms with Crippen molar-refractivity contribution in [2.45, 2.75) is 32.9 Å². The summed E-state index contributed by atoms with van der Waals surface area (Å²) in [6, 6.07) is 3.07.